The minimum absolute atomic E-state index is 0.130. The quantitative estimate of drug-likeness (QED) is 0.430. The molecule has 3 aliphatic rings. The molecule has 226 valence electrons. The molecule has 3 amide bonds. The first kappa shape index (κ1) is 30.1. The molecule has 0 radical (unpaired) electrons. The van der Waals surface area contributed by atoms with Crippen molar-refractivity contribution < 1.29 is 19.1 Å². The number of methoxy groups -OCH3 is 2. The summed E-state index contributed by atoms with van der Waals surface area (Å²) in [6, 6.07) is 1.36. The molecule has 2 fully saturated rings. The van der Waals surface area contributed by atoms with Gasteiger partial charge in [-0.2, -0.15) is 4.98 Å². The molecule has 14 heteroatoms. The van der Waals surface area contributed by atoms with Crippen molar-refractivity contribution in [1.82, 2.24) is 25.1 Å². The molecule has 0 aliphatic carbocycles. The van der Waals surface area contributed by atoms with Gasteiger partial charge >= 0.3 is 6.03 Å². The Balaban J connectivity index is 1.38. The van der Waals surface area contributed by atoms with Gasteiger partial charge in [0, 0.05) is 44.0 Å². The van der Waals surface area contributed by atoms with Crippen LogP contribution in [0.2, 0.25) is 10.0 Å². The predicted molar refractivity (Wildman–Crippen MR) is 163 cm³/mol. The molecule has 0 spiro atoms. The van der Waals surface area contributed by atoms with Crippen molar-refractivity contribution in [3.05, 3.63) is 40.5 Å². The lowest BCUT2D eigenvalue weighted by atomic mass is 10.0. The van der Waals surface area contributed by atoms with Crippen molar-refractivity contribution >= 4 is 52.6 Å². The van der Waals surface area contributed by atoms with Crippen LogP contribution >= 0.6 is 23.2 Å². The Morgan fingerprint density at radius 1 is 1.10 bits per heavy atom. The standard InChI is InChI=1S/C28H36Cl2N8O4/c1-6-22(39)32-18-14-37(17-7-9-35(2)10-8-17)15-19(18)33-27-31-12-16-13-38(28(40)36(3)26(16)34-27)25-23(29)20(41-4)11-21(42-5)24(25)30/h6,11-12,17-19H,1,7-10,13-15H2,2-5H3,(H,32,39)(H,31,33,34). The van der Waals surface area contributed by atoms with Crippen LogP contribution in [0.1, 0.15) is 18.4 Å². The third kappa shape index (κ3) is 5.81. The smallest absolute Gasteiger partial charge is 0.330 e. The number of benzene rings is 1. The van der Waals surface area contributed by atoms with Crippen LogP contribution in [-0.4, -0.2) is 104 Å². The molecule has 42 heavy (non-hydrogen) atoms. The summed E-state index contributed by atoms with van der Waals surface area (Å²) < 4.78 is 10.8. The molecule has 2 atom stereocenters. The fourth-order valence-corrected chi connectivity index (χ4v) is 6.56. The van der Waals surface area contributed by atoms with Gasteiger partial charge in [0.1, 0.15) is 27.4 Å². The van der Waals surface area contributed by atoms with Gasteiger partial charge in [-0.05, 0) is 39.1 Å². The molecule has 5 rings (SSSR count). The Morgan fingerprint density at radius 3 is 2.36 bits per heavy atom. The van der Waals surface area contributed by atoms with Gasteiger partial charge in [-0.25, -0.2) is 9.78 Å². The lowest BCUT2D eigenvalue weighted by molar-refractivity contribution is -0.117. The molecule has 1 aromatic heterocycles. The second kappa shape index (κ2) is 12.5. The summed E-state index contributed by atoms with van der Waals surface area (Å²) in [5.74, 6) is 1.27. The number of hydrogen-bond donors (Lipinski definition) is 2. The summed E-state index contributed by atoms with van der Waals surface area (Å²) in [7, 11) is 6.73. The fourth-order valence-electron chi connectivity index (χ4n) is 5.86. The van der Waals surface area contributed by atoms with Gasteiger partial charge in [0.2, 0.25) is 11.9 Å². The van der Waals surface area contributed by atoms with Crippen LogP contribution in [0, 0.1) is 0 Å². The minimum atomic E-state index is -0.378. The number of rotatable bonds is 8. The van der Waals surface area contributed by atoms with Gasteiger partial charge in [-0.15, -0.1) is 0 Å². The molecule has 0 saturated carbocycles. The maximum absolute atomic E-state index is 13.6. The van der Waals surface area contributed by atoms with E-state index in [0.29, 0.717) is 34.9 Å². The van der Waals surface area contributed by atoms with Crippen LogP contribution in [0.15, 0.2) is 24.9 Å². The number of nitrogens with one attached hydrogen (secondary N) is 2. The van der Waals surface area contributed by atoms with Crippen molar-refractivity contribution in [3.8, 4) is 11.5 Å². The van der Waals surface area contributed by atoms with E-state index in [0.717, 1.165) is 39.0 Å². The summed E-state index contributed by atoms with van der Waals surface area (Å²) in [4.78, 5) is 42.8. The van der Waals surface area contributed by atoms with Gasteiger partial charge in [-0.1, -0.05) is 29.8 Å². The van der Waals surface area contributed by atoms with Crippen molar-refractivity contribution in [3.63, 3.8) is 0 Å². The average molecular weight is 620 g/mol. The van der Waals surface area contributed by atoms with Crippen molar-refractivity contribution in [2.45, 2.75) is 37.5 Å². The second-order valence-electron chi connectivity index (χ2n) is 10.8. The number of amides is 3. The number of likely N-dealkylation sites (tertiary alicyclic amines) is 2. The first-order valence-corrected chi connectivity index (χ1v) is 14.5. The average Bonchev–Trinajstić information content (AvgIpc) is 3.37. The van der Waals surface area contributed by atoms with Crippen LogP contribution in [0.5, 0.6) is 11.5 Å². The number of carbonyl (C=O) groups is 2. The summed E-state index contributed by atoms with van der Waals surface area (Å²) in [5, 5.41) is 6.87. The lowest BCUT2D eigenvalue weighted by Gasteiger charge is -2.35. The number of carbonyl (C=O) groups excluding carboxylic acids is 2. The molecule has 2 unspecified atom stereocenters. The molecule has 2 N–H and O–H groups in total. The molecular formula is C28H36Cl2N8O4. The highest BCUT2D eigenvalue weighted by molar-refractivity contribution is 6.42. The Labute approximate surface area is 255 Å². The lowest BCUT2D eigenvalue weighted by Crippen LogP contribution is -2.47. The number of anilines is 3. The zero-order valence-corrected chi connectivity index (χ0v) is 25.7. The van der Waals surface area contributed by atoms with Gasteiger partial charge in [-0.3, -0.25) is 19.5 Å². The highest BCUT2D eigenvalue weighted by Gasteiger charge is 2.39. The molecule has 1 aromatic carbocycles. The van der Waals surface area contributed by atoms with E-state index in [1.165, 1.54) is 30.1 Å². The van der Waals surface area contributed by atoms with Gasteiger partial charge in [0.05, 0.1) is 38.5 Å². The Kier molecular flexibility index (Phi) is 8.97. The number of ether oxygens (including phenoxy) is 2. The largest absolute Gasteiger partial charge is 0.495 e. The number of halogens is 2. The van der Waals surface area contributed by atoms with E-state index in [1.807, 2.05) is 0 Å². The second-order valence-corrected chi connectivity index (χ2v) is 11.5. The van der Waals surface area contributed by atoms with Crippen LogP contribution in [-0.2, 0) is 11.3 Å². The zero-order chi connectivity index (χ0) is 30.1. The maximum Gasteiger partial charge on any atom is 0.330 e. The number of urea groups is 1. The SMILES string of the molecule is C=CC(=O)NC1CN(C2CCN(C)CC2)CC1Nc1ncc2c(n1)N(C)C(=O)N(c1c(Cl)c(OC)cc(OC)c1Cl)C2. The minimum Gasteiger partial charge on any atom is -0.495 e. The maximum atomic E-state index is 13.6. The molecule has 4 heterocycles. The first-order chi connectivity index (χ1) is 20.1. The Morgan fingerprint density at radius 2 is 1.74 bits per heavy atom. The molecule has 12 nitrogen and oxygen atoms in total. The van der Waals surface area contributed by atoms with Crippen molar-refractivity contribution in [2.24, 2.45) is 0 Å². The summed E-state index contributed by atoms with van der Waals surface area (Å²) in [6.07, 6.45) is 5.13. The number of piperidine rings is 1. The Hall–Kier alpha value is -3.32. The van der Waals surface area contributed by atoms with E-state index >= 15 is 0 Å². The van der Waals surface area contributed by atoms with E-state index < -0.39 is 0 Å². The van der Waals surface area contributed by atoms with Gasteiger partial charge in [0.25, 0.3) is 0 Å². The highest BCUT2D eigenvalue weighted by Crippen LogP contribution is 2.47. The number of fused-ring (bicyclic) bond motifs is 1. The number of nitrogens with zero attached hydrogens (tertiary/aromatic N) is 6. The van der Waals surface area contributed by atoms with E-state index in [9.17, 15) is 9.59 Å². The normalized spacial score (nSPS) is 21.7. The van der Waals surface area contributed by atoms with Gasteiger partial charge in [0.15, 0.2) is 0 Å². The number of hydrogen-bond acceptors (Lipinski definition) is 9. The van der Waals surface area contributed by atoms with Crippen LogP contribution < -0.4 is 29.9 Å². The van der Waals surface area contributed by atoms with Gasteiger partial charge < -0.3 is 25.0 Å². The Bertz CT molecular complexity index is 1340. The van der Waals surface area contributed by atoms with Crippen molar-refractivity contribution in [2.75, 3.05) is 69.6 Å². The molecule has 2 saturated heterocycles. The fraction of sp³-hybridized carbons (Fsp3) is 0.500. The summed E-state index contributed by atoms with van der Waals surface area (Å²) in [5.41, 5.74) is 0.979. The molecule has 0 bridgehead atoms. The first-order valence-electron chi connectivity index (χ1n) is 13.8. The third-order valence-corrected chi connectivity index (χ3v) is 8.94. The molecule has 2 aromatic rings. The highest BCUT2D eigenvalue weighted by atomic mass is 35.5. The van der Waals surface area contributed by atoms with Crippen LogP contribution in [0.25, 0.3) is 0 Å². The number of aromatic nitrogens is 2. The van der Waals surface area contributed by atoms with E-state index in [1.54, 1.807) is 19.3 Å². The summed E-state index contributed by atoms with van der Waals surface area (Å²) >= 11 is 13.2. The predicted octanol–water partition coefficient (Wildman–Crippen LogP) is 3.24. The third-order valence-electron chi connectivity index (χ3n) is 8.21. The molecular weight excluding hydrogens is 583 g/mol. The van der Waals surface area contributed by atoms with Crippen molar-refractivity contribution in [1.29, 1.82) is 0 Å². The van der Waals surface area contributed by atoms with Crippen LogP contribution in [0.4, 0.5) is 22.2 Å². The van der Waals surface area contributed by atoms with E-state index in [-0.39, 0.29) is 46.3 Å². The molecule has 3 aliphatic heterocycles. The zero-order valence-electron chi connectivity index (χ0n) is 24.2. The van der Waals surface area contributed by atoms with E-state index in [2.05, 4.69) is 39.0 Å². The van der Waals surface area contributed by atoms with E-state index in [4.69, 9.17) is 37.7 Å². The summed E-state index contributed by atoms with van der Waals surface area (Å²) in [6.45, 7) is 7.29. The monoisotopic (exact) mass is 618 g/mol. The van der Waals surface area contributed by atoms with Crippen LogP contribution in [0.3, 0.4) is 0 Å². The topological polar surface area (TPSA) is 115 Å².